The SMILES string of the molecule is CCCC[S+]1CCCC1c1ccccc1.[F][Sb-]([F])([F])([F])([F])[F]. The minimum absolute atomic E-state index is 0.684. The third-order valence-corrected chi connectivity index (χ3v) is 6.15. The molecule has 0 radical (unpaired) electrons. The Labute approximate surface area is 132 Å². The summed E-state index contributed by atoms with van der Waals surface area (Å²) in [6.07, 6.45) is 5.65. The van der Waals surface area contributed by atoms with Crippen molar-refractivity contribution in [2.24, 2.45) is 0 Å². The van der Waals surface area contributed by atoms with Gasteiger partial charge in [0.15, 0.2) is 0 Å². The second-order valence-electron chi connectivity index (χ2n) is 5.30. The monoisotopic (exact) mass is 456 g/mol. The Morgan fingerprint density at radius 1 is 1.05 bits per heavy atom. The molecule has 1 aromatic rings. The number of benzene rings is 1. The molecule has 1 heterocycles. The van der Waals surface area contributed by atoms with Gasteiger partial charge in [-0.1, -0.05) is 43.7 Å². The molecule has 0 nitrogen and oxygen atoms in total. The molecule has 0 N–H and O–H groups in total. The predicted molar refractivity (Wildman–Crippen MR) is 82.8 cm³/mol. The molecule has 2 rings (SSSR count). The summed E-state index contributed by atoms with van der Waals surface area (Å²) in [5, 5.41) is 0.887. The predicted octanol–water partition coefficient (Wildman–Crippen LogP) is 6.08. The summed E-state index contributed by atoms with van der Waals surface area (Å²) in [5.74, 6) is 2.95. The van der Waals surface area contributed by atoms with Gasteiger partial charge in [-0.25, -0.2) is 0 Å². The molecule has 130 valence electrons. The Morgan fingerprint density at radius 2 is 1.59 bits per heavy atom. The summed E-state index contributed by atoms with van der Waals surface area (Å²) < 4.78 is 59.6. The zero-order valence-electron chi connectivity index (χ0n) is 12.3. The molecule has 22 heavy (non-hydrogen) atoms. The molecule has 0 amide bonds. The zero-order valence-corrected chi connectivity index (χ0v) is 15.7. The van der Waals surface area contributed by atoms with Crippen molar-refractivity contribution < 1.29 is 16.9 Å². The average Bonchev–Trinajstić information content (AvgIpc) is 2.82. The van der Waals surface area contributed by atoms with Gasteiger partial charge in [0.25, 0.3) is 0 Å². The van der Waals surface area contributed by atoms with Crippen LogP contribution in [0.3, 0.4) is 0 Å². The van der Waals surface area contributed by atoms with E-state index in [0.29, 0.717) is 10.9 Å². The summed E-state index contributed by atoms with van der Waals surface area (Å²) in [5.41, 5.74) is 1.59. The molecule has 0 saturated carbocycles. The molecule has 1 aliphatic heterocycles. The number of hydrogen-bond donors (Lipinski definition) is 0. The van der Waals surface area contributed by atoms with Crippen LogP contribution in [0.1, 0.15) is 43.4 Å². The van der Waals surface area contributed by atoms with Gasteiger partial charge in [0, 0.05) is 12.0 Å². The van der Waals surface area contributed by atoms with Crippen LogP contribution in [0.4, 0.5) is 16.9 Å². The molecule has 2 unspecified atom stereocenters. The van der Waals surface area contributed by atoms with Crippen LogP contribution in [0, 0.1) is 0 Å². The van der Waals surface area contributed by atoms with Gasteiger partial charge in [0.2, 0.25) is 0 Å². The van der Waals surface area contributed by atoms with E-state index in [1.165, 1.54) is 37.2 Å². The Bertz CT molecular complexity index is 447. The van der Waals surface area contributed by atoms with Gasteiger partial charge >= 0.3 is 36.4 Å². The maximum atomic E-state index is 9.93. The normalized spacial score (nSPS) is 24.9. The van der Waals surface area contributed by atoms with E-state index in [1.807, 2.05) is 0 Å². The van der Waals surface area contributed by atoms with Crippen LogP contribution in [-0.4, -0.2) is 31.0 Å². The second-order valence-corrected chi connectivity index (χ2v) is 13.2. The average molecular weight is 457 g/mol. The summed E-state index contributed by atoms with van der Waals surface area (Å²) in [7, 11) is 0.684. The van der Waals surface area contributed by atoms with Crippen LogP contribution >= 0.6 is 0 Å². The van der Waals surface area contributed by atoms with E-state index >= 15 is 0 Å². The third kappa shape index (κ3) is 10.7. The van der Waals surface area contributed by atoms with E-state index < -0.39 is 19.5 Å². The first kappa shape index (κ1) is 20.0. The van der Waals surface area contributed by atoms with Crippen molar-refractivity contribution in [1.29, 1.82) is 0 Å². The van der Waals surface area contributed by atoms with E-state index in [2.05, 4.69) is 37.3 Å². The molecule has 0 bridgehead atoms. The van der Waals surface area contributed by atoms with Crippen LogP contribution in [0.2, 0.25) is 0 Å². The summed E-state index contributed by atoms with van der Waals surface area (Å²) in [6, 6.07) is 11.1. The molecule has 8 heteroatoms. The van der Waals surface area contributed by atoms with Crippen molar-refractivity contribution in [2.75, 3.05) is 11.5 Å². The van der Waals surface area contributed by atoms with Crippen molar-refractivity contribution >= 4 is 30.4 Å². The molecule has 0 aromatic heterocycles. The van der Waals surface area contributed by atoms with E-state index in [4.69, 9.17) is 0 Å². The van der Waals surface area contributed by atoms with E-state index in [9.17, 15) is 16.9 Å². The summed E-state index contributed by atoms with van der Waals surface area (Å²) in [6.45, 7) is 2.30. The first-order chi connectivity index (χ1) is 9.86. The Morgan fingerprint density at radius 3 is 2.09 bits per heavy atom. The molecular weight excluding hydrogens is 436 g/mol. The number of unbranched alkanes of at least 4 members (excludes halogenated alkanes) is 1. The van der Waals surface area contributed by atoms with Crippen LogP contribution in [0.25, 0.3) is 0 Å². The van der Waals surface area contributed by atoms with E-state index in [0.717, 1.165) is 5.25 Å². The van der Waals surface area contributed by atoms with Crippen LogP contribution in [0.15, 0.2) is 30.3 Å². The number of rotatable bonds is 4. The van der Waals surface area contributed by atoms with Gasteiger partial charge in [-0.05, 0) is 23.7 Å². The molecule has 0 spiro atoms. The van der Waals surface area contributed by atoms with Crippen molar-refractivity contribution in [3.05, 3.63) is 35.9 Å². The summed E-state index contributed by atoms with van der Waals surface area (Å²) in [4.78, 5) is 0. The van der Waals surface area contributed by atoms with Crippen molar-refractivity contribution in [3.63, 3.8) is 0 Å². The molecule has 1 saturated heterocycles. The molecular formula is C14H21F6SSb. The molecule has 0 aliphatic carbocycles. The molecule has 2 atom stereocenters. The molecule has 1 fully saturated rings. The fraction of sp³-hybridized carbons (Fsp3) is 0.571. The molecule has 1 aliphatic rings. The van der Waals surface area contributed by atoms with E-state index in [1.54, 1.807) is 5.56 Å². The van der Waals surface area contributed by atoms with Crippen molar-refractivity contribution in [1.82, 2.24) is 0 Å². The molecule has 1 aromatic carbocycles. The van der Waals surface area contributed by atoms with Crippen LogP contribution < -0.4 is 0 Å². The van der Waals surface area contributed by atoms with E-state index in [-0.39, 0.29) is 0 Å². The van der Waals surface area contributed by atoms with Gasteiger partial charge in [-0.15, -0.1) is 0 Å². The minimum atomic E-state index is -11.2. The Balaban J connectivity index is 0.000000295. The van der Waals surface area contributed by atoms with Gasteiger partial charge in [-0.3, -0.25) is 0 Å². The second kappa shape index (κ2) is 6.84. The van der Waals surface area contributed by atoms with Crippen LogP contribution in [-0.2, 0) is 10.9 Å². The number of halogens is 6. The zero-order chi connectivity index (χ0) is 16.9. The van der Waals surface area contributed by atoms with Gasteiger partial charge in [-0.2, -0.15) is 0 Å². The summed E-state index contributed by atoms with van der Waals surface area (Å²) >= 11 is -11.2. The van der Waals surface area contributed by atoms with Crippen molar-refractivity contribution in [2.45, 2.75) is 37.9 Å². The quantitative estimate of drug-likeness (QED) is 0.292. The van der Waals surface area contributed by atoms with Gasteiger partial charge in [0.1, 0.15) is 16.8 Å². The first-order valence-corrected chi connectivity index (χ1v) is 14.6. The topological polar surface area (TPSA) is 0 Å². The fourth-order valence-electron chi connectivity index (χ4n) is 2.36. The standard InChI is InChI=1S/C14H21S.6FH.Sb/c1-2-3-11-15-12-7-10-14(15)13-8-5-4-6-9-13;;;;;;;/h4-6,8-9,14H,2-3,7,10-12H2,1H3;6*1H;/q+1;;;;;;;+5/p-6. The first-order valence-electron chi connectivity index (χ1n) is 7.14. The Kier molecular flexibility index (Phi) is 6.22. The maximum absolute atomic E-state index is 11.2. The number of hydrogen-bond acceptors (Lipinski definition) is 0. The van der Waals surface area contributed by atoms with Crippen molar-refractivity contribution in [3.8, 4) is 0 Å². The van der Waals surface area contributed by atoms with Gasteiger partial charge in [0.05, 0.1) is 0 Å². The van der Waals surface area contributed by atoms with Gasteiger partial charge < -0.3 is 0 Å². The van der Waals surface area contributed by atoms with Crippen LogP contribution in [0.5, 0.6) is 0 Å². The Hall–Kier alpha value is -0.0318. The fourth-order valence-corrected chi connectivity index (χ4v) is 5.38. The third-order valence-electron chi connectivity index (χ3n) is 3.21.